The van der Waals surface area contributed by atoms with Crippen LogP contribution in [0.4, 0.5) is 22.0 Å². The standard InChI is InChI=1S/C14H21F2N3O.C2HF3O2/c15-14(16)7-5-10(6-8-14)13-19-18-12(20-13)9-1-3-11(17)4-2-9;3-2(4,5)1(6)7/h9-11H,1-8,17H2;(H,6,7). The maximum absolute atomic E-state index is 13.1. The molecule has 0 radical (unpaired) electrons. The summed E-state index contributed by atoms with van der Waals surface area (Å²) in [5.41, 5.74) is 5.88. The van der Waals surface area contributed by atoms with Crippen LogP contribution in [0.15, 0.2) is 4.42 Å². The van der Waals surface area contributed by atoms with Gasteiger partial charge in [0.25, 0.3) is 0 Å². The average Bonchev–Trinajstić information content (AvgIpc) is 3.05. The molecule has 1 heterocycles. The lowest BCUT2D eigenvalue weighted by atomic mass is 9.86. The summed E-state index contributed by atoms with van der Waals surface area (Å²) in [4.78, 5) is 8.90. The summed E-state index contributed by atoms with van der Waals surface area (Å²) in [6, 6.07) is 0.286. The number of rotatable bonds is 2. The molecule has 0 bridgehead atoms. The van der Waals surface area contributed by atoms with E-state index in [9.17, 15) is 22.0 Å². The van der Waals surface area contributed by atoms with Gasteiger partial charge in [-0.2, -0.15) is 13.2 Å². The molecule has 2 aliphatic carbocycles. The second kappa shape index (κ2) is 8.49. The third-order valence-corrected chi connectivity index (χ3v) is 4.89. The number of carbonyl (C=O) groups is 1. The summed E-state index contributed by atoms with van der Waals surface area (Å²) >= 11 is 0. The molecule has 1 aromatic rings. The second-order valence-electron chi connectivity index (χ2n) is 7.02. The zero-order valence-electron chi connectivity index (χ0n) is 14.5. The van der Waals surface area contributed by atoms with E-state index in [1.807, 2.05) is 0 Å². The van der Waals surface area contributed by atoms with Gasteiger partial charge in [0.15, 0.2) is 0 Å². The van der Waals surface area contributed by atoms with Crippen LogP contribution in [0, 0.1) is 0 Å². The summed E-state index contributed by atoms with van der Waals surface area (Å²) < 4.78 is 63.8. The minimum Gasteiger partial charge on any atom is -0.475 e. The van der Waals surface area contributed by atoms with Crippen LogP contribution in [0.25, 0.3) is 0 Å². The number of nitrogens with two attached hydrogens (primary N) is 1. The molecule has 154 valence electrons. The van der Waals surface area contributed by atoms with Gasteiger partial charge in [-0.05, 0) is 38.5 Å². The Kier molecular flexibility index (Phi) is 6.77. The number of carboxylic acids is 1. The van der Waals surface area contributed by atoms with E-state index in [0.717, 1.165) is 25.7 Å². The van der Waals surface area contributed by atoms with Crippen LogP contribution in [-0.4, -0.2) is 39.4 Å². The van der Waals surface area contributed by atoms with Gasteiger partial charge in [0.1, 0.15) is 0 Å². The molecule has 6 nitrogen and oxygen atoms in total. The molecular formula is C16H22F5N3O3. The Bertz CT molecular complexity index is 617. The Morgan fingerprint density at radius 1 is 1.00 bits per heavy atom. The van der Waals surface area contributed by atoms with Gasteiger partial charge in [0.05, 0.1) is 0 Å². The lowest BCUT2D eigenvalue weighted by Crippen LogP contribution is -2.25. The molecule has 11 heteroatoms. The summed E-state index contributed by atoms with van der Waals surface area (Å²) in [6.07, 6.45) is -0.442. The molecule has 0 aliphatic heterocycles. The number of halogens is 5. The lowest BCUT2D eigenvalue weighted by molar-refractivity contribution is -0.192. The third-order valence-electron chi connectivity index (χ3n) is 4.89. The maximum Gasteiger partial charge on any atom is 0.490 e. The summed E-state index contributed by atoms with van der Waals surface area (Å²) in [7, 11) is 0. The van der Waals surface area contributed by atoms with Crippen molar-refractivity contribution in [2.45, 2.75) is 81.3 Å². The zero-order chi connectivity index (χ0) is 20.2. The van der Waals surface area contributed by atoms with E-state index >= 15 is 0 Å². The number of nitrogens with zero attached hydrogens (tertiary/aromatic N) is 2. The molecule has 3 rings (SSSR count). The predicted octanol–water partition coefficient (Wildman–Crippen LogP) is 3.98. The number of hydrogen-bond donors (Lipinski definition) is 2. The first kappa shape index (κ1) is 21.5. The Balaban J connectivity index is 0.000000321. The monoisotopic (exact) mass is 399 g/mol. The smallest absolute Gasteiger partial charge is 0.475 e. The molecule has 0 amide bonds. The molecule has 1 aromatic heterocycles. The fraction of sp³-hybridized carbons (Fsp3) is 0.812. The van der Waals surface area contributed by atoms with Crippen molar-refractivity contribution in [3.05, 3.63) is 11.8 Å². The first-order valence-electron chi connectivity index (χ1n) is 8.75. The minimum absolute atomic E-state index is 0.00159. The van der Waals surface area contributed by atoms with Crippen molar-refractivity contribution in [2.24, 2.45) is 5.73 Å². The van der Waals surface area contributed by atoms with Gasteiger partial charge in [-0.15, -0.1) is 10.2 Å². The van der Waals surface area contributed by atoms with Crippen molar-refractivity contribution in [1.29, 1.82) is 0 Å². The molecule has 0 saturated heterocycles. The second-order valence-corrected chi connectivity index (χ2v) is 7.02. The van der Waals surface area contributed by atoms with Gasteiger partial charge >= 0.3 is 12.1 Å². The molecule has 27 heavy (non-hydrogen) atoms. The van der Waals surface area contributed by atoms with Gasteiger partial charge in [-0.1, -0.05) is 0 Å². The number of carboxylic acid groups (broad SMARTS) is 1. The third kappa shape index (κ3) is 6.40. The van der Waals surface area contributed by atoms with Gasteiger partial charge < -0.3 is 15.3 Å². The highest BCUT2D eigenvalue weighted by Gasteiger charge is 2.38. The van der Waals surface area contributed by atoms with Crippen molar-refractivity contribution < 1.29 is 36.3 Å². The molecule has 3 N–H and O–H groups in total. The fourth-order valence-electron chi connectivity index (χ4n) is 3.23. The lowest BCUT2D eigenvalue weighted by Gasteiger charge is -2.26. The predicted molar refractivity (Wildman–Crippen MR) is 83.3 cm³/mol. The maximum atomic E-state index is 13.1. The van der Waals surface area contributed by atoms with Crippen LogP contribution in [-0.2, 0) is 4.79 Å². The number of aliphatic carboxylic acids is 1. The van der Waals surface area contributed by atoms with Crippen LogP contribution in [0.2, 0.25) is 0 Å². The molecule has 2 fully saturated rings. The number of alkyl halides is 5. The van der Waals surface area contributed by atoms with E-state index in [0.29, 0.717) is 30.5 Å². The van der Waals surface area contributed by atoms with E-state index in [2.05, 4.69) is 10.2 Å². The fourth-order valence-corrected chi connectivity index (χ4v) is 3.23. The van der Waals surface area contributed by atoms with Crippen LogP contribution in [0.5, 0.6) is 0 Å². The van der Waals surface area contributed by atoms with Crippen LogP contribution >= 0.6 is 0 Å². The quantitative estimate of drug-likeness (QED) is 0.730. The molecule has 0 atom stereocenters. The Hall–Kier alpha value is -1.78. The molecule has 0 unspecified atom stereocenters. The van der Waals surface area contributed by atoms with Crippen LogP contribution in [0.3, 0.4) is 0 Å². The van der Waals surface area contributed by atoms with Crippen LogP contribution in [0.1, 0.15) is 75.0 Å². The number of aromatic nitrogens is 2. The van der Waals surface area contributed by atoms with E-state index in [4.69, 9.17) is 20.1 Å². The van der Waals surface area contributed by atoms with Crippen molar-refractivity contribution >= 4 is 5.97 Å². The van der Waals surface area contributed by atoms with E-state index in [-0.39, 0.29) is 24.8 Å². The molecule has 2 aliphatic rings. The normalized spacial score (nSPS) is 26.1. The highest BCUT2D eigenvalue weighted by molar-refractivity contribution is 5.73. The van der Waals surface area contributed by atoms with Gasteiger partial charge in [-0.25, -0.2) is 13.6 Å². The van der Waals surface area contributed by atoms with Crippen molar-refractivity contribution in [3.63, 3.8) is 0 Å². The summed E-state index contributed by atoms with van der Waals surface area (Å²) in [5.74, 6) is -3.76. The van der Waals surface area contributed by atoms with Crippen LogP contribution < -0.4 is 5.73 Å². The Morgan fingerprint density at radius 2 is 1.41 bits per heavy atom. The van der Waals surface area contributed by atoms with Crippen molar-refractivity contribution in [1.82, 2.24) is 10.2 Å². The largest absolute Gasteiger partial charge is 0.490 e. The van der Waals surface area contributed by atoms with Crippen molar-refractivity contribution in [2.75, 3.05) is 0 Å². The van der Waals surface area contributed by atoms with Gasteiger partial charge in [0.2, 0.25) is 17.7 Å². The Morgan fingerprint density at radius 3 is 1.81 bits per heavy atom. The zero-order valence-corrected chi connectivity index (χ0v) is 14.5. The van der Waals surface area contributed by atoms with Gasteiger partial charge in [-0.3, -0.25) is 0 Å². The highest BCUT2D eigenvalue weighted by atomic mass is 19.4. The topological polar surface area (TPSA) is 102 Å². The van der Waals surface area contributed by atoms with E-state index in [1.165, 1.54) is 0 Å². The molecule has 0 aromatic carbocycles. The van der Waals surface area contributed by atoms with E-state index < -0.39 is 18.1 Å². The SMILES string of the molecule is NC1CCC(c2nnc(C3CCC(F)(F)CC3)o2)CC1.O=C(O)C(F)(F)F. The first-order valence-corrected chi connectivity index (χ1v) is 8.75. The Labute approximate surface area is 152 Å². The van der Waals surface area contributed by atoms with E-state index in [1.54, 1.807) is 0 Å². The minimum atomic E-state index is -5.08. The van der Waals surface area contributed by atoms with Crippen molar-refractivity contribution in [3.8, 4) is 0 Å². The highest BCUT2D eigenvalue weighted by Crippen LogP contribution is 2.41. The molecule has 2 saturated carbocycles. The summed E-state index contributed by atoms with van der Waals surface area (Å²) in [6.45, 7) is 0. The first-order chi connectivity index (χ1) is 12.5. The average molecular weight is 399 g/mol. The molecular weight excluding hydrogens is 377 g/mol. The summed E-state index contributed by atoms with van der Waals surface area (Å²) in [5, 5.41) is 15.3. The molecule has 0 spiro atoms. The van der Waals surface area contributed by atoms with Gasteiger partial charge in [0, 0.05) is 30.7 Å². The number of hydrogen-bond acceptors (Lipinski definition) is 5.